The van der Waals surface area contributed by atoms with E-state index < -0.39 is 0 Å². The Labute approximate surface area is 172 Å². The zero-order valence-corrected chi connectivity index (χ0v) is 18.2. The van der Waals surface area contributed by atoms with Crippen molar-refractivity contribution in [3.05, 3.63) is 53.6 Å². The van der Waals surface area contributed by atoms with E-state index >= 15 is 0 Å². The molecule has 142 valence electrons. The van der Waals surface area contributed by atoms with Crippen molar-refractivity contribution in [3.63, 3.8) is 0 Å². The van der Waals surface area contributed by atoms with E-state index in [1.165, 1.54) is 0 Å². The predicted molar refractivity (Wildman–Crippen MR) is 101 cm³/mol. The van der Waals surface area contributed by atoms with Crippen molar-refractivity contribution >= 4 is 11.6 Å². The van der Waals surface area contributed by atoms with E-state index in [0.29, 0.717) is 17.1 Å². The Morgan fingerprint density at radius 3 is 2.12 bits per heavy atom. The highest BCUT2D eigenvalue weighted by atomic mass is 127. The number of ether oxygens (including phenoxy) is 2. The molecule has 1 amide bonds. The van der Waals surface area contributed by atoms with Gasteiger partial charge in [0, 0.05) is 17.7 Å². The van der Waals surface area contributed by atoms with Gasteiger partial charge in [0.1, 0.15) is 0 Å². The first-order valence-corrected chi connectivity index (χ1v) is 8.26. The minimum absolute atomic E-state index is 0. The van der Waals surface area contributed by atoms with Crippen molar-refractivity contribution in [2.75, 3.05) is 47.2 Å². The second-order valence-electron chi connectivity index (χ2n) is 6.95. The quantitative estimate of drug-likeness (QED) is 0.465. The first-order valence-electron chi connectivity index (χ1n) is 8.26. The molecule has 0 heterocycles. The molecule has 0 unspecified atom stereocenters. The van der Waals surface area contributed by atoms with Gasteiger partial charge >= 0.3 is 0 Å². The standard InChI is InChI=1S/C20H26N2O3.HI/c1-22(2,3)12-11-15-13-18(24-4)19(25-5)14-17(15)20(23)21-16-9-7-6-8-10-16;/h6-10,13-14H,11-12H2,1-5H3;1H. The third-order valence-electron chi connectivity index (χ3n) is 3.94. The molecule has 0 aliphatic heterocycles. The first-order chi connectivity index (χ1) is 11.8. The third kappa shape index (κ3) is 6.17. The van der Waals surface area contributed by atoms with E-state index in [1.807, 2.05) is 36.4 Å². The van der Waals surface area contributed by atoms with Gasteiger partial charge in [-0.3, -0.25) is 4.79 Å². The monoisotopic (exact) mass is 470 g/mol. The number of quaternary nitrogens is 1. The summed E-state index contributed by atoms with van der Waals surface area (Å²) in [5.74, 6) is 1.04. The minimum atomic E-state index is -0.149. The van der Waals surface area contributed by atoms with Gasteiger partial charge in [-0.05, 0) is 29.8 Å². The highest BCUT2D eigenvalue weighted by Gasteiger charge is 2.19. The summed E-state index contributed by atoms with van der Waals surface area (Å²) < 4.78 is 11.6. The van der Waals surface area contributed by atoms with E-state index in [0.717, 1.165) is 28.7 Å². The number of nitrogens with zero attached hydrogens (tertiary/aromatic N) is 1. The summed E-state index contributed by atoms with van der Waals surface area (Å²) in [7, 11) is 9.56. The van der Waals surface area contributed by atoms with E-state index in [-0.39, 0.29) is 29.9 Å². The number of nitrogens with one attached hydrogen (secondary N) is 1. The Hall–Kier alpha value is -1.80. The Kier molecular flexibility index (Phi) is 8.36. The number of hydrogen-bond acceptors (Lipinski definition) is 3. The number of amides is 1. The van der Waals surface area contributed by atoms with Crippen molar-refractivity contribution in [2.45, 2.75) is 6.42 Å². The summed E-state index contributed by atoms with van der Waals surface area (Å²) in [6.07, 6.45) is 0.765. The molecule has 26 heavy (non-hydrogen) atoms. The Morgan fingerprint density at radius 1 is 1.00 bits per heavy atom. The molecule has 0 atom stereocenters. The van der Waals surface area contributed by atoms with Gasteiger partial charge in [-0.2, -0.15) is 0 Å². The first kappa shape index (κ1) is 22.2. The number of carbonyl (C=O) groups excluding carboxylic acids is 1. The van der Waals surface area contributed by atoms with E-state index in [4.69, 9.17) is 9.47 Å². The lowest BCUT2D eigenvalue weighted by atomic mass is 10.0. The molecule has 0 bridgehead atoms. The van der Waals surface area contributed by atoms with Gasteiger partial charge in [-0.1, -0.05) is 18.2 Å². The molecule has 2 aromatic rings. The number of para-hydroxylation sites is 1. The van der Waals surface area contributed by atoms with Gasteiger partial charge in [0.25, 0.3) is 5.91 Å². The molecule has 0 aliphatic carbocycles. The van der Waals surface area contributed by atoms with Crippen molar-refractivity contribution in [1.29, 1.82) is 0 Å². The van der Waals surface area contributed by atoms with Gasteiger partial charge in [-0.25, -0.2) is 0 Å². The number of halogens is 1. The van der Waals surface area contributed by atoms with Crippen LogP contribution in [0, 0.1) is 0 Å². The lowest BCUT2D eigenvalue weighted by molar-refractivity contribution is -0.870. The Bertz CT molecular complexity index is 728. The maximum absolute atomic E-state index is 12.8. The van der Waals surface area contributed by atoms with Gasteiger partial charge in [-0.15, -0.1) is 0 Å². The van der Waals surface area contributed by atoms with Gasteiger partial charge in [0.15, 0.2) is 11.5 Å². The van der Waals surface area contributed by atoms with Crippen LogP contribution < -0.4 is 38.8 Å². The van der Waals surface area contributed by atoms with Crippen molar-refractivity contribution in [1.82, 2.24) is 0 Å². The molecular weight excluding hydrogens is 443 g/mol. The number of hydrogen-bond donors (Lipinski definition) is 1. The van der Waals surface area contributed by atoms with Crippen LogP contribution in [-0.2, 0) is 6.42 Å². The SMILES string of the molecule is COc1cc(CC[N+](C)(C)C)c(C(=O)Nc2ccccc2)cc1OC.[I-]. The minimum Gasteiger partial charge on any atom is -1.00 e. The van der Waals surface area contributed by atoms with Gasteiger partial charge in [0.05, 0.1) is 41.9 Å². The molecule has 0 fully saturated rings. The van der Waals surface area contributed by atoms with Crippen LogP contribution in [0.15, 0.2) is 42.5 Å². The average molecular weight is 470 g/mol. The van der Waals surface area contributed by atoms with Crippen LogP contribution in [0.1, 0.15) is 15.9 Å². The molecule has 0 saturated carbocycles. The zero-order chi connectivity index (χ0) is 18.4. The van der Waals surface area contributed by atoms with Crippen molar-refractivity contribution < 1.29 is 42.7 Å². The van der Waals surface area contributed by atoms with Crippen LogP contribution in [0.4, 0.5) is 5.69 Å². The largest absolute Gasteiger partial charge is 1.00 e. The highest BCUT2D eigenvalue weighted by Crippen LogP contribution is 2.31. The smallest absolute Gasteiger partial charge is 0.256 e. The lowest BCUT2D eigenvalue weighted by Gasteiger charge is -2.24. The number of benzene rings is 2. The topological polar surface area (TPSA) is 47.6 Å². The Morgan fingerprint density at radius 2 is 1.58 bits per heavy atom. The maximum atomic E-state index is 12.8. The molecule has 0 spiro atoms. The van der Waals surface area contributed by atoms with Crippen LogP contribution in [0.5, 0.6) is 11.5 Å². The molecule has 0 saturated heterocycles. The summed E-state index contributed by atoms with van der Waals surface area (Å²) in [6.45, 7) is 0.904. The fourth-order valence-corrected chi connectivity index (χ4v) is 2.52. The molecule has 2 aromatic carbocycles. The summed E-state index contributed by atoms with van der Waals surface area (Å²) in [4.78, 5) is 12.8. The summed E-state index contributed by atoms with van der Waals surface area (Å²) >= 11 is 0. The van der Waals surface area contributed by atoms with Gasteiger partial charge < -0.3 is 43.3 Å². The average Bonchev–Trinajstić information content (AvgIpc) is 2.59. The number of likely N-dealkylation sites (N-methyl/N-ethyl adjacent to an activating group) is 1. The Balaban J connectivity index is 0.00000338. The molecule has 0 aliphatic rings. The highest BCUT2D eigenvalue weighted by molar-refractivity contribution is 6.05. The molecule has 1 N–H and O–H groups in total. The predicted octanol–water partition coefficient (Wildman–Crippen LogP) is 0.209. The second-order valence-corrected chi connectivity index (χ2v) is 6.95. The molecule has 5 nitrogen and oxygen atoms in total. The number of methoxy groups -OCH3 is 2. The summed E-state index contributed by atoms with van der Waals surface area (Å²) in [5.41, 5.74) is 2.31. The van der Waals surface area contributed by atoms with Crippen LogP contribution in [0.2, 0.25) is 0 Å². The number of rotatable bonds is 7. The number of anilines is 1. The van der Waals surface area contributed by atoms with Crippen LogP contribution in [0.3, 0.4) is 0 Å². The van der Waals surface area contributed by atoms with Crippen LogP contribution >= 0.6 is 0 Å². The van der Waals surface area contributed by atoms with E-state index in [2.05, 4.69) is 26.5 Å². The van der Waals surface area contributed by atoms with E-state index in [9.17, 15) is 4.79 Å². The second kappa shape index (κ2) is 9.78. The lowest BCUT2D eigenvalue weighted by Crippen LogP contribution is -3.00. The zero-order valence-electron chi connectivity index (χ0n) is 16.0. The van der Waals surface area contributed by atoms with Crippen molar-refractivity contribution in [3.8, 4) is 11.5 Å². The normalized spacial score (nSPS) is 10.7. The molecule has 0 radical (unpaired) electrons. The van der Waals surface area contributed by atoms with E-state index in [1.54, 1.807) is 20.3 Å². The molecule has 0 aromatic heterocycles. The van der Waals surface area contributed by atoms with Crippen molar-refractivity contribution in [2.24, 2.45) is 0 Å². The summed E-state index contributed by atoms with van der Waals surface area (Å²) in [6, 6.07) is 13.1. The fourth-order valence-electron chi connectivity index (χ4n) is 2.52. The maximum Gasteiger partial charge on any atom is 0.256 e. The molecule has 2 rings (SSSR count). The van der Waals surface area contributed by atoms with Crippen LogP contribution in [0.25, 0.3) is 0 Å². The fraction of sp³-hybridized carbons (Fsp3) is 0.350. The molecule has 6 heteroatoms. The third-order valence-corrected chi connectivity index (χ3v) is 3.94. The van der Waals surface area contributed by atoms with Crippen LogP contribution in [-0.4, -0.2) is 52.3 Å². The number of carbonyl (C=O) groups is 1. The van der Waals surface area contributed by atoms with Gasteiger partial charge in [0.2, 0.25) is 0 Å². The summed E-state index contributed by atoms with van der Waals surface area (Å²) in [5, 5.41) is 2.94. The molecular formula is C20H27IN2O3.